The molecule has 1 fully saturated rings. The molecule has 0 aliphatic carbocycles. The minimum atomic E-state index is -3.41. The van der Waals surface area contributed by atoms with Crippen LogP contribution >= 0.6 is 12.4 Å². The monoisotopic (exact) mass is 333 g/mol. The van der Waals surface area contributed by atoms with Gasteiger partial charge in [-0.3, -0.25) is 9.52 Å². The smallest absolute Gasteiger partial charge is 0.253 e. The third-order valence-electron chi connectivity index (χ3n) is 3.10. The van der Waals surface area contributed by atoms with Gasteiger partial charge in [0.15, 0.2) is 0 Å². The average molecular weight is 334 g/mol. The summed E-state index contributed by atoms with van der Waals surface area (Å²) in [5, 5.41) is 6.14. The second kappa shape index (κ2) is 7.63. The molecule has 0 saturated carbocycles. The Morgan fingerprint density at radius 1 is 1.33 bits per heavy atom. The lowest BCUT2D eigenvalue weighted by Crippen LogP contribution is -2.45. The largest absolute Gasteiger partial charge is 0.348 e. The molecule has 21 heavy (non-hydrogen) atoms. The molecule has 0 aromatic heterocycles. The molecule has 3 N–H and O–H groups in total. The summed E-state index contributed by atoms with van der Waals surface area (Å²) in [5.74, 6) is -0.259. The van der Waals surface area contributed by atoms with Crippen molar-refractivity contribution in [2.45, 2.75) is 18.9 Å². The van der Waals surface area contributed by atoms with Crippen LogP contribution < -0.4 is 15.4 Å². The van der Waals surface area contributed by atoms with Crippen molar-refractivity contribution in [3.05, 3.63) is 29.8 Å². The van der Waals surface area contributed by atoms with Crippen molar-refractivity contribution in [2.75, 3.05) is 24.1 Å². The number of rotatable bonds is 4. The molecule has 0 radical (unpaired) electrons. The zero-order valence-corrected chi connectivity index (χ0v) is 13.4. The molecule has 8 heteroatoms. The van der Waals surface area contributed by atoms with Crippen LogP contribution in [0.3, 0.4) is 0 Å². The minimum Gasteiger partial charge on any atom is -0.348 e. The van der Waals surface area contributed by atoms with Gasteiger partial charge in [0, 0.05) is 12.6 Å². The van der Waals surface area contributed by atoms with E-state index in [9.17, 15) is 13.2 Å². The van der Waals surface area contributed by atoms with Crippen molar-refractivity contribution in [1.29, 1.82) is 0 Å². The van der Waals surface area contributed by atoms with Crippen LogP contribution in [-0.2, 0) is 10.0 Å². The number of halogens is 1. The molecule has 1 aliphatic heterocycles. The number of hydrogen-bond acceptors (Lipinski definition) is 4. The first-order chi connectivity index (χ1) is 9.46. The van der Waals surface area contributed by atoms with Crippen LogP contribution in [0, 0.1) is 0 Å². The second-order valence-corrected chi connectivity index (χ2v) is 6.69. The van der Waals surface area contributed by atoms with Gasteiger partial charge in [-0.05, 0) is 31.5 Å². The molecule has 1 aliphatic rings. The maximum Gasteiger partial charge on any atom is 0.253 e. The number of carbonyl (C=O) groups excluding carboxylic acids is 1. The highest BCUT2D eigenvalue weighted by Crippen LogP contribution is 2.16. The Kier molecular flexibility index (Phi) is 6.44. The highest BCUT2D eigenvalue weighted by atomic mass is 35.5. The number of nitrogens with one attached hydrogen (secondary N) is 3. The van der Waals surface area contributed by atoms with E-state index in [0.29, 0.717) is 11.3 Å². The van der Waals surface area contributed by atoms with Gasteiger partial charge in [0.05, 0.1) is 17.5 Å². The van der Waals surface area contributed by atoms with Gasteiger partial charge in [0.25, 0.3) is 5.91 Å². The molecule has 6 nitrogen and oxygen atoms in total. The van der Waals surface area contributed by atoms with Gasteiger partial charge >= 0.3 is 0 Å². The summed E-state index contributed by atoms with van der Waals surface area (Å²) in [4.78, 5) is 12.2. The quantitative estimate of drug-likeness (QED) is 0.766. The molecule has 2 rings (SSSR count). The summed E-state index contributed by atoms with van der Waals surface area (Å²) in [6.45, 7) is 1.71. The van der Waals surface area contributed by atoms with E-state index in [2.05, 4.69) is 15.4 Å². The Hall–Kier alpha value is -1.31. The van der Waals surface area contributed by atoms with Crippen molar-refractivity contribution in [3.8, 4) is 0 Å². The van der Waals surface area contributed by atoms with Crippen LogP contribution in [0.25, 0.3) is 0 Å². The van der Waals surface area contributed by atoms with Crippen LogP contribution in [0.15, 0.2) is 24.3 Å². The predicted molar refractivity (Wildman–Crippen MR) is 85.5 cm³/mol. The highest BCUT2D eigenvalue weighted by Gasteiger charge is 2.19. The van der Waals surface area contributed by atoms with Crippen LogP contribution in [0.4, 0.5) is 5.69 Å². The first kappa shape index (κ1) is 17.7. The Bertz CT molecular complexity index is 586. The van der Waals surface area contributed by atoms with Crippen molar-refractivity contribution in [2.24, 2.45) is 0 Å². The molecular formula is C13H20ClN3O3S. The Balaban J connectivity index is 0.00000220. The first-order valence-electron chi connectivity index (χ1n) is 6.54. The van der Waals surface area contributed by atoms with Crippen molar-refractivity contribution >= 4 is 34.0 Å². The molecule has 1 atom stereocenters. The molecule has 0 unspecified atom stereocenters. The average Bonchev–Trinajstić information content (AvgIpc) is 2.38. The number of carbonyl (C=O) groups is 1. The number of benzene rings is 1. The maximum absolute atomic E-state index is 12.2. The van der Waals surface area contributed by atoms with Gasteiger partial charge in [0.1, 0.15) is 0 Å². The van der Waals surface area contributed by atoms with E-state index in [1.165, 1.54) is 0 Å². The van der Waals surface area contributed by atoms with Crippen LogP contribution in [0.5, 0.6) is 0 Å². The lowest BCUT2D eigenvalue weighted by Gasteiger charge is -2.24. The summed E-state index contributed by atoms with van der Waals surface area (Å²) < 4.78 is 25.0. The van der Waals surface area contributed by atoms with Crippen molar-refractivity contribution in [1.82, 2.24) is 10.6 Å². The summed E-state index contributed by atoms with van der Waals surface area (Å²) in [6, 6.07) is 6.67. The Morgan fingerprint density at radius 3 is 2.67 bits per heavy atom. The van der Waals surface area contributed by atoms with Crippen molar-refractivity contribution < 1.29 is 13.2 Å². The van der Waals surface area contributed by atoms with Crippen LogP contribution in [0.1, 0.15) is 23.2 Å². The van der Waals surface area contributed by atoms with E-state index < -0.39 is 10.0 Å². The van der Waals surface area contributed by atoms with Crippen LogP contribution in [-0.4, -0.2) is 39.7 Å². The van der Waals surface area contributed by atoms with Gasteiger partial charge in [-0.2, -0.15) is 0 Å². The fourth-order valence-electron chi connectivity index (χ4n) is 2.21. The second-order valence-electron chi connectivity index (χ2n) is 4.94. The van der Waals surface area contributed by atoms with Gasteiger partial charge in [-0.25, -0.2) is 8.42 Å². The van der Waals surface area contributed by atoms with E-state index in [4.69, 9.17) is 0 Å². The molecule has 1 aromatic carbocycles. The van der Waals surface area contributed by atoms with Gasteiger partial charge in [-0.15, -0.1) is 12.4 Å². The SMILES string of the molecule is CS(=O)(=O)Nc1ccccc1C(=O)N[C@H]1CCCNC1.Cl. The summed E-state index contributed by atoms with van der Waals surface area (Å²) in [5.41, 5.74) is 0.639. The number of para-hydroxylation sites is 1. The third kappa shape index (κ3) is 5.53. The topological polar surface area (TPSA) is 87.3 Å². The molecule has 1 heterocycles. The number of anilines is 1. The van der Waals surface area contributed by atoms with E-state index in [1.807, 2.05) is 0 Å². The minimum absolute atomic E-state index is 0. The summed E-state index contributed by atoms with van der Waals surface area (Å²) >= 11 is 0. The van der Waals surface area contributed by atoms with Crippen LogP contribution in [0.2, 0.25) is 0 Å². The zero-order valence-electron chi connectivity index (χ0n) is 11.8. The molecule has 118 valence electrons. The first-order valence-corrected chi connectivity index (χ1v) is 8.43. The predicted octanol–water partition coefficient (Wildman–Crippen LogP) is 0.962. The molecule has 1 saturated heterocycles. The van der Waals surface area contributed by atoms with Crippen molar-refractivity contribution in [3.63, 3.8) is 0 Å². The highest BCUT2D eigenvalue weighted by molar-refractivity contribution is 7.92. The summed E-state index contributed by atoms with van der Waals surface area (Å²) in [7, 11) is -3.41. The molecule has 1 aromatic rings. The molecule has 0 bridgehead atoms. The zero-order chi connectivity index (χ0) is 14.6. The number of sulfonamides is 1. The number of hydrogen-bond donors (Lipinski definition) is 3. The molecule has 0 spiro atoms. The molecule has 1 amide bonds. The standard InChI is InChI=1S/C13H19N3O3S.ClH/c1-20(18,19)16-12-7-3-2-6-11(12)13(17)15-10-5-4-8-14-9-10;/h2-3,6-7,10,14,16H,4-5,8-9H2,1H3,(H,15,17);1H/t10-;/m0./s1. The lowest BCUT2D eigenvalue weighted by molar-refractivity contribution is 0.0931. The lowest BCUT2D eigenvalue weighted by atomic mass is 10.1. The van der Waals surface area contributed by atoms with E-state index >= 15 is 0 Å². The third-order valence-corrected chi connectivity index (χ3v) is 3.69. The normalized spacial score (nSPS) is 18.4. The maximum atomic E-state index is 12.2. The Labute approximate surface area is 131 Å². The van der Waals surface area contributed by atoms with Gasteiger partial charge in [-0.1, -0.05) is 12.1 Å². The van der Waals surface area contributed by atoms with Gasteiger partial charge in [0.2, 0.25) is 10.0 Å². The Morgan fingerprint density at radius 2 is 2.05 bits per heavy atom. The molecular weight excluding hydrogens is 314 g/mol. The van der Waals surface area contributed by atoms with E-state index in [0.717, 1.165) is 32.2 Å². The summed E-state index contributed by atoms with van der Waals surface area (Å²) in [6.07, 6.45) is 3.02. The fourth-order valence-corrected chi connectivity index (χ4v) is 2.79. The number of amides is 1. The van der Waals surface area contributed by atoms with Gasteiger partial charge < -0.3 is 10.6 Å². The number of piperidine rings is 1. The van der Waals surface area contributed by atoms with E-state index in [-0.39, 0.29) is 24.4 Å². The van der Waals surface area contributed by atoms with E-state index in [1.54, 1.807) is 24.3 Å². The fraction of sp³-hybridized carbons (Fsp3) is 0.462.